The van der Waals surface area contributed by atoms with Crippen molar-refractivity contribution in [3.05, 3.63) is 21.9 Å². The van der Waals surface area contributed by atoms with E-state index in [-0.39, 0.29) is 18.8 Å². The van der Waals surface area contributed by atoms with Gasteiger partial charge in [0.05, 0.1) is 18.0 Å². The van der Waals surface area contributed by atoms with Gasteiger partial charge in [0.1, 0.15) is 0 Å². The van der Waals surface area contributed by atoms with Gasteiger partial charge >= 0.3 is 5.69 Å². The third-order valence-corrected chi connectivity index (χ3v) is 1.67. The number of imidazole rings is 1. The average molecular weight is 157 g/mol. The molecule has 0 spiro atoms. The molecule has 5 nitrogen and oxygen atoms in total. The fourth-order valence-electron chi connectivity index (χ4n) is 1.00. The van der Waals surface area contributed by atoms with Crippen molar-refractivity contribution < 1.29 is 5.11 Å². The molecule has 5 heteroatoms. The van der Waals surface area contributed by atoms with E-state index in [9.17, 15) is 4.79 Å². The van der Waals surface area contributed by atoms with Crippen molar-refractivity contribution >= 4 is 0 Å². The quantitative estimate of drug-likeness (QED) is 0.497. The summed E-state index contributed by atoms with van der Waals surface area (Å²) in [6.45, 7) is 0.0771. The number of hydrogen-bond acceptors (Lipinski definition) is 3. The van der Waals surface area contributed by atoms with E-state index in [0.717, 1.165) is 0 Å². The van der Waals surface area contributed by atoms with Crippen LogP contribution in [0, 0.1) is 0 Å². The van der Waals surface area contributed by atoms with Gasteiger partial charge in [-0.1, -0.05) is 0 Å². The van der Waals surface area contributed by atoms with Gasteiger partial charge in [0.15, 0.2) is 0 Å². The molecule has 0 atom stereocenters. The number of rotatable bonds is 2. The molecule has 0 unspecified atom stereocenters. The maximum absolute atomic E-state index is 10.9. The molecule has 1 rings (SSSR count). The monoisotopic (exact) mass is 157 g/mol. The second-order valence-electron chi connectivity index (χ2n) is 2.28. The Balaban J connectivity index is 3.26. The lowest BCUT2D eigenvalue weighted by Crippen LogP contribution is -2.16. The van der Waals surface area contributed by atoms with Gasteiger partial charge in [-0.2, -0.15) is 0 Å². The van der Waals surface area contributed by atoms with Crippen LogP contribution in [0.15, 0.2) is 4.79 Å². The van der Waals surface area contributed by atoms with Crippen molar-refractivity contribution in [3.8, 4) is 0 Å². The highest BCUT2D eigenvalue weighted by molar-refractivity contribution is 5.11. The third-order valence-electron chi connectivity index (χ3n) is 1.67. The largest absolute Gasteiger partial charge is 0.390 e. The Morgan fingerprint density at radius 2 is 2.36 bits per heavy atom. The third kappa shape index (κ3) is 1.20. The zero-order chi connectivity index (χ0) is 8.43. The number of aliphatic hydroxyl groups is 1. The second-order valence-corrected chi connectivity index (χ2v) is 2.28. The van der Waals surface area contributed by atoms with Crippen LogP contribution in [-0.4, -0.2) is 14.7 Å². The summed E-state index contributed by atoms with van der Waals surface area (Å²) < 4.78 is 1.39. The maximum atomic E-state index is 10.9. The number of aromatic nitrogens is 2. The van der Waals surface area contributed by atoms with Gasteiger partial charge in [-0.25, -0.2) is 4.79 Å². The zero-order valence-electron chi connectivity index (χ0n) is 6.29. The Labute approximate surface area is 63.5 Å². The van der Waals surface area contributed by atoms with Crippen molar-refractivity contribution in [3.63, 3.8) is 0 Å². The van der Waals surface area contributed by atoms with E-state index in [0.29, 0.717) is 11.4 Å². The van der Waals surface area contributed by atoms with Crippen molar-refractivity contribution in [2.24, 2.45) is 12.8 Å². The lowest BCUT2D eigenvalue weighted by molar-refractivity contribution is 0.276. The standard InChI is InChI=1S/C6H11N3O2/c1-9-5(2-7)4(3-10)8-6(9)11/h10H,2-3,7H2,1H3,(H,8,11). The minimum atomic E-state index is -0.241. The molecule has 4 N–H and O–H groups in total. The van der Waals surface area contributed by atoms with Gasteiger partial charge in [-0.05, 0) is 0 Å². The van der Waals surface area contributed by atoms with Gasteiger partial charge in [0.2, 0.25) is 0 Å². The van der Waals surface area contributed by atoms with E-state index in [2.05, 4.69) is 4.98 Å². The van der Waals surface area contributed by atoms with E-state index in [1.54, 1.807) is 7.05 Å². The molecule has 1 aromatic rings. The van der Waals surface area contributed by atoms with Crippen LogP contribution in [0.2, 0.25) is 0 Å². The van der Waals surface area contributed by atoms with Crippen LogP contribution in [0.25, 0.3) is 0 Å². The lowest BCUT2D eigenvalue weighted by Gasteiger charge is -1.98. The van der Waals surface area contributed by atoms with Gasteiger partial charge in [-0.3, -0.25) is 4.57 Å². The van der Waals surface area contributed by atoms with Gasteiger partial charge < -0.3 is 15.8 Å². The van der Waals surface area contributed by atoms with E-state index in [4.69, 9.17) is 10.8 Å². The van der Waals surface area contributed by atoms with E-state index in [1.807, 2.05) is 0 Å². The topological polar surface area (TPSA) is 84.0 Å². The molecule has 0 fully saturated rings. The molecule has 0 saturated carbocycles. The first-order valence-corrected chi connectivity index (χ1v) is 3.28. The summed E-state index contributed by atoms with van der Waals surface area (Å²) in [6.07, 6.45) is 0. The van der Waals surface area contributed by atoms with Crippen molar-refractivity contribution in [1.82, 2.24) is 9.55 Å². The summed E-state index contributed by atoms with van der Waals surface area (Å²) in [7, 11) is 1.61. The van der Waals surface area contributed by atoms with E-state index < -0.39 is 0 Å². The van der Waals surface area contributed by atoms with Crippen LogP contribution >= 0.6 is 0 Å². The molecule has 0 aromatic carbocycles. The summed E-state index contributed by atoms with van der Waals surface area (Å²) in [5, 5.41) is 8.75. The van der Waals surface area contributed by atoms with Crippen LogP contribution in [0.4, 0.5) is 0 Å². The number of aliphatic hydroxyl groups excluding tert-OH is 1. The Bertz CT molecular complexity index is 299. The Kier molecular flexibility index (Phi) is 2.11. The predicted molar refractivity (Wildman–Crippen MR) is 39.8 cm³/mol. The molecule has 0 saturated heterocycles. The van der Waals surface area contributed by atoms with Crippen LogP contribution in [0.5, 0.6) is 0 Å². The number of H-pyrrole nitrogens is 1. The average Bonchev–Trinajstić information content (AvgIpc) is 2.28. The van der Waals surface area contributed by atoms with Crippen LogP contribution in [-0.2, 0) is 20.2 Å². The summed E-state index contributed by atoms with van der Waals surface area (Å²) in [5.74, 6) is 0. The molecule has 0 aliphatic rings. The molecule has 0 amide bonds. The molecule has 11 heavy (non-hydrogen) atoms. The molecular formula is C6H11N3O2. The summed E-state index contributed by atoms with van der Waals surface area (Å²) in [5.41, 5.74) is 6.26. The molecule has 0 bridgehead atoms. The highest BCUT2D eigenvalue weighted by Gasteiger charge is 2.07. The normalized spacial score (nSPS) is 10.5. The number of nitrogens with zero attached hydrogens (tertiary/aromatic N) is 1. The first-order valence-electron chi connectivity index (χ1n) is 3.28. The van der Waals surface area contributed by atoms with Crippen LogP contribution < -0.4 is 11.4 Å². The minimum absolute atomic E-state index is 0.178. The number of nitrogens with one attached hydrogen (secondary N) is 1. The van der Waals surface area contributed by atoms with Crippen LogP contribution in [0.3, 0.4) is 0 Å². The lowest BCUT2D eigenvalue weighted by atomic mass is 10.3. The summed E-state index contributed by atoms with van der Waals surface area (Å²) in [4.78, 5) is 13.4. The van der Waals surface area contributed by atoms with Crippen molar-refractivity contribution in [2.45, 2.75) is 13.2 Å². The Morgan fingerprint density at radius 1 is 1.73 bits per heavy atom. The number of aromatic amines is 1. The van der Waals surface area contributed by atoms with Gasteiger partial charge in [0.25, 0.3) is 0 Å². The predicted octanol–water partition coefficient (Wildman–Crippen LogP) is -1.34. The Hall–Kier alpha value is -1.07. The van der Waals surface area contributed by atoms with E-state index in [1.165, 1.54) is 4.57 Å². The molecule has 62 valence electrons. The number of hydrogen-bond donors (Lipinski definition) is 3. The first kappa shape index (κ1) is 8.03. The molecule has 1 heterocycles. The van der Waals surface area contributed by atoms with Crippen LogP contribution in [0.1, 0.15) is 11.4 Å². The zero-order valence-corrected chi connectivity index (χ0v) is 6.29. The van der Waals surface area contributed by atoms with E-state index >= 15 is 0 Å². The molecule has 0 radical (unpaired) electrons. The van der Waals surface area contributed by atoms with Gasteiger partial charge in [-0.15, -0.1) is 0 Å². The van der Waals surface area contributed by atoms with Gasteiger partial charge in [0, 0.05) is 13.6 Å². The fourth-order valence-corrected chi connectivity index (χ4v) is 1.00. The maximum Gasteiger partial charge on any atom is 0.325 e. The highest BCUT2D eigenvalue weighted by atomic mass is 16.3. The van der Waals surface area contributed by atoms with Crippen molar-refractivity contribution in [2.75, 3.05) is 0 Å². The van der Waals surface area contributed by atoms with Crippen molar-refractivity contribution in [1.29, 1.82) is 0 Å². The first-order chi connectivity index (χ1) is 5.20. The minimum Gasteiger partial charge on any atom is -0.390 e. The second kappa shape index (κ2) is 2.89. The summed E-state index contributed by atoms with van der Waals surface area (Å²) in [6, 6.07) is 0. The SMILES string of the molecule is Cn1c(CN)c(CO)[nH]c1=O. The number of nitrogens with two attached hydrogens (primary N) is 1. The fraction of sp³-hybridized carbons (Fsp3) is 0.500. The highest BCUT2D eigenvalue weighted by Crippen LogP contribution is 2.00. The Morgan fingerprint density at radius 3 is 2.73 bits per heavy atom. The molecular weight excluding hydrogens is 146 g/mol. The summed E-state index contributed by atoms with van der Waals surface area (Å²) >= 11 is 0. The molecule has 0 aliphatic heterocycles. The molecule has 0 aliphatic carbocycles. The smallest absolute Gasteiger partial charge is 0.325 e. The molecule has 1 aromatic heterocycles.